The van der Waals surface area contributed by atoms with Gasteiger partial charge in [-0.25, -0.2) is 0 Å². The fourth-order valence-corrected chi connectivity index (χ4v) is 5.48. The van der Waals surface area contributed by atoms with E-state index in [-0.39, 0.29) is 24.5 Å². The lowest BCUT2D eigenvalue weighted by atomic mass is 10.0. The highest BCUT2D eigenvalue weighted by molar-refractivity contribution is 5.80. The quantitative estimate of drug-likeness (QED) is 0.0418. The molecule has 0 aromatic heterocycles. The zero-order valence-electron chi connectivity index (χ0n) is 29.5. The summed E-state index contributed by atoms with van der Waals surface area (Å²) in [5.74, 6) is -1.34. The molecule has 0 aromatic rings. The van der Waals surface area contributed by atoms with Gasteiger partial charge < -0.3 is 15.2 Å². The van der Waals surface area contributed by atoms with E-state index in [0.29, 0.717) is 12.8 Å². The molecule has 0 aromatic carbocycles. The molecule has 1 atom stereocenters. The SMILES string of the molecule is CCC/C=C\C(CCCCCCC(=O)NCC(=O)O)OC(=O)CCCCCCCCCCC/C=C\CCCCCCCCCC. The Hall–Kier alpha value is -2.11. The molecule has 1 amide bonds. The number of hydrogen-bond donors (Lipinski definition) is 2. The maximum atomic E-state index is 12.5. The number of unbranched alkanes of at least 4 members (excludes halogenated alkanes) is 21. The van der Waals surface area contributed by atoms with Crippen molar-refractivity contribution in [3.63, 3.8) is 0 Å². The molecule has 0 saturated carbocycles. The van der Waals surface area contributed by atoms with Crippen LogP contribution in [-0.4, -0.2) is 35.6 Å². The average molecular weight is 634 g/mol. The first kappa shape index (κ1) is 42.9. The number of hydrogen-bond acceptors (Lipinski definition) is 4. The third-order valence-electron chi connectivity index (χ3n) is 8.31. The molecule has 0 radical (unpaired) electrons. The number of esters is 1. The van der Waals surface area contributed by atoms with Gasteiger partial charge in [-0.3, -0.25) is 14.4 Å². The number of carbonyl (C=O) groups is 3. The number of allylic oxidation sites excluding steroid dienone is 3. The molecule has 0 fully saturated rings. The summed E-state index contributed by atoms with van der Waals surface area (Å²) in [5, 5.41) is 11.0. The molecule has 0 rings (SSSR count). The van der Waals surface area contributed by atoms with Gasteiger partial charge in [-0.1, -0.05) is 141 Å². The summed E-state index contributed by atoms with van der Waals surface area (Å²) in [6, 6.07) is 0. The highest BCUT2D eigenvalue weighted by Crippen LogP contribution is 2.15. The molecular formula is C39H71NO5. The number of amides is 1. The van der Waals surface area contributed by atoms with Gasteiger partial charge in [0.15, 0.2) is 0 Å². The monoisotopic (exact) mass is 634 g/mol. The minimum Gasteiger partial charge on any atom is -0.480 e. The topological polar surface area (TPSA) is 92.7 Å². The maximum absolute atomic E-state index is 12.5. The fraction of sp³-hybridized carbons (Fsp3) is 0.821. The first-order valence-corrected chi connectivity index (χ1v) is 19.0. The van der Waals surface area contributed by atoms with Gasteiger partial charge in [0, 0.05) is 12.8 Å². The third kappa shape index (κ3) is 34.6. The Kier molecular flexibility index (Phi) is 33.1. The molecule has 0 aliphatic heterocycles. The molecule has 0 bridgehead atoms. The summed E-state index contributed by atoms with van der Waals surface area (Å²) in [6.45, 7) is 4.09. The van der Waals surface area contributed by atoms with Gasteiger partial charge in [-0.05, 0) is 63.9 Å². The van der Waals surface area contributed by atoms with Crippen molar-refractivity contribution in [2.24, 2.45) is 0 Å². The van der Waals surface area contributed by atoms with Crippen LogP contribution < -0.4 is 5.32 Å². The molecule has 2 N–H and O–H groups in total. The van der Waals surface area contributed by atoms with E-state index in [1.165, 1.54) is 109 Å². The van der Waals surface area contributed by atoms with Crippen molar-refractivity contribution >= 4 is 17.8 Å². The van der Waals surface area contributed by atoms with Crippen LogP contribution in [0.2, 0.25) is 0 Å². The molecule has 45 heavy (non-hydrogen) atoms. The lowest BCUT2D eigenvalue weighted by molar-refractivity contribution is -0.147. The minimum atomic E-state index is -1.03. The highest BCUT2D eigenvalue weighted by Gasteiger charge is 2.12. The molecule has 6 heteroatoms. The lowest BCUT2D eigenvalue weighted by Gasteiger charge is -2.15. The van der Waals surface area contributed by atoms with Crippen molar-refractivity contribution in [3.05, 3.63) is 24.3 Å². The molecule has 0 aliphatic carbocycles. The van der Waals surface area contributed by atoms with Crippen LogP contribution in [0.25, 0.3) is 0 Å². The van der Waals surface area contributed by atoms with Crippen LogP contribution in [0, 0.1) is 0 Å². The van der Waals surface area contributed by atoms with E-state index in [9.17, 15) is 14.4 Å². The van der Waals surface area contributed by atoms with Crippen molar-refractivity contribution in [1.29, 1.82) is 0 Å². The van der Waals surface area contributed by atoms with Gasteiger partial charge >= 0.3 is 11.9 Å². The summed E-state index contributed by atoms with van der Waals surface area (Å²) >= 11 is 0. The first-order chi connectivity index (χ1) is 22.0. The van der Waals surface area contributed by atoms with Crippen LogP contribution in [-0.2, 0) is 19.1 Å². The third-order valence-corrected chi connectivity index (χ3v) is 8.31. The van der Waals surface area contributed by atoms with E-state index in [2.05, 4.69) is 37.4 Å². The number of nitrogens with one attached hydrogen (secondary N) is 1. The fourth-order valence-electron chi connectivity index (χ4n) is 5.48. The predicted molar refractivity (Wildman–Crippen MR) is 189 cm³/mol. The number of carbonyl (C=O) groups excluding carboxylic acids is 2. The molecule has 0 heterocycles. The van der Waals surface area contributed by atoms with Crippen LogP contribution in [0.1, 0.15) is 194 Å². The Morgan fingerprint density at radius 3 is 1.60 bits per heavy atom. The number of rotatable bonds is 34. The highest BCUT2D eigenvalue weighted by atomic mass is 16.5. The normalized spacial score (nSPS) is 12.2. The van der Waals surface area contributed by atoms with Crippen LogP contribution in [0.4, 0.5) is 0 Å². The molecule has 262 valence electrons. The lowest BCUT2D eigenvalue weighted by Crippen LogP contribution is -2.28. The second-order valence-corrected chi connectivity index (χ2v) is 12.8. The molecule has 6 nitrogen and oxygen atoms in total. The van der Waals surface area contributed by atoms with Gasteiger partial charge in [-0.15, -0.1) is 0 Å². The maximum Gasteiger partial charge on any atom is 0.322 e. The summed E-state index contributed by atoms with van der Waals surface area (Å²) in [6.07, 6.45) is 40.7. The Balaban J connectivity index is 3.72. The van der Waals surface area contributed by atoms with E-state index in [4.69, 9.17) is 9.84 Å². The number of ether oxygens (including phenoxy) is 1. The van der Waals surface area contributed by atoms with Crippen molar-refractivity contribution in [1.82, 2.24) is 5.32 Å². The summed E-state index contributed by atoms with van der Waals surface area (Å²) < 4.78 is 5.79. The van der Waals surface area contributed by atoms with Crippen molar-refractivity contribution in [2.45, 2.75) is 200 Å². The Morgan fingerprint density at radius 1 is 0.578 bits per heavy atom. The van der Waals surface area contributed by atoms with E-state index in [0.717, 1.165) is 57.8 Å². The van der Waals surface area contributed by atoms with Crippen molar-refractivity contribution in [3.8, 4) is 0 Å². The van der Waals surface area contributed by atoms with E-state index >= 15 is 0 Å². The Labute approximate surface area is 277 Å². The number of carboxylic acid groups (broad SMARTS) is 1. The molecule has 0 aliphatic rings. The molecule has 1 unspecified atom stereocenters. The summed E-state index contributed by atoms with van der Waals surface area (Å²) in [5.41, 5.74) is 0. The largest absolute Gasteiger partial charge is 0.480 e. The van der Waals surface area contributed by atoms with Gasteiger partial charge in [0.25, 0.3) is 0 Å². The molecular weight excluding hydrogens is 562 g/mol. The van der Waals surface area contributed by atoms with Gasteiger partial charge in [0.05, 0.1) is 0 Å². The zero-order chi connectivity index (χ0) is 33.1. The second-order valence-electron chi connectivity index (χ2n) is 12.8. The van der Waals surface area contributed by atoms with E-state index < -0.39 is 5.97 Å². The summed E-state index contributed by atoms with van der Waals surface area (Å²) in [4.78, 5) is 34.6. The van der Waals surface area contributed by atoms with Crippen LogP contribution in [0.3, 0.4) is 0 Å². The second kappa shape index (κ2) is 34.8. The van der Waals surface area contributed by atoms with E-state index in [1.807, 2.05) is 6.08 Å². The van der Waals surface area contributed by atoms with Crippen molar-refractivity contribution < 1.29 is 24.2 Å². The van der Waals surface area contributed by atoms with Gasteiger partial charge in [0.2, 0.25) is 5.91 Å². The Morgan fingerprint density at radius 2 is 1.07 bits per heavy atom. The minimum absolute atomic E-state index is 0.0943. The smallest absolute Gasteiger partial charge is 0.322 e. The predicted octanol–water partition coefficient (Wildman–Crippen LogP) is 11.2. The molecule has 0 saturated heterocycles. The van der Waals surface area contributed by atoms with Gasteiger partial charge in [0.1, 0.15) is 12.6 Å². The average Bonchev–Trinajstić information content (AvgIpc) is 3.02. The van der Waals surface area contributed by atoms with Gasteiger partial charge in [-0.2, -0.15) is 0 Å². The number of carboxylic acids is 1. The van der Waals surface area contributed by atoms with Crippen LogP contribution >= 0.6 is 0 Å². The Bertz CT molecular complexity index is 748. The van der Waals surface area contributed by atoms with E-state index in [1.54, 1.807) is 0 Å². The zero-order valence-corrected chi connectivity index (χ0v) is 29.5. The standard InChI is InChI=1S/C39H71NO5/c1-3-5-7-8-9-10-11-12-13-14-15-16-17-18-19-20-21-22-23-24-30-34-39(44)45-36(31-27-6-4-2)32-28-25-26-29-33-37(41)40-35-38(42)43/h14-15,27,31,36H,3-13,16-26,28-30,32-35H2,1-2H3,(H,40,41)(H,42,43)/b15-14-,31-27-. The van der Waals surface area contributed by atoms with Crippen LogP contribution in [0.5, 0.6) is 0 Å². The summed E-state index contributed by atoms with van der Waals surface area (Å²) in [7, 11) is 0. The van der Waals surface area contributed by atoms with Crippen molar-refractivity contribution in [2.75, 3.05) is 6.54 Å². The first-order valence-electron chi connectivity index (χ1n) is 19.0. The molecule has 0 spiro atoms. The van der Waals surface area contributed by atoms with Crippen LogP contribution in [0.15, 0.2) is 24.3 Å². The number of aliphatic carboxylic acids is 1.